The predicted molar refractivity (Wildman–Crippen MR) is 91.0 cm³/mol. The molecule has 0 aliphatic heterocycles. The molecule has 6 nitrogen and oxygen atoms in total. The van der Waals surface area contributed by atoms with Crippen LogP contribution in [0.25, 0.3) is 0 Å². The Hall–Kier alpha value is -2.02. The number of benzene rings is 1. The lowest BCUT2D eigenvalue weighted by molar-refractivity contribution is -0.140. The van der Waals surface area contributed by atoms with Crippen LogP contribution in [0.5, 0.6) is 5.75 Å². The minimum Gasteiger partial charge on any atom is -0.484 e. The highest BCUT2D eigenvalue weighted by Crippen LogP contribution is 2.27. The third kappa shape index (κ3) is 5.56. The van der Waals surface area contributed by atoms with E-state index in [1.54, 1.807) is 0 Å². The van der Waals surface area contributed by atoms with E-state index >= 15 is 0 Å². The maximum absolute atomic E-state index is 11.8. The minimum atomic E-state index is -0.332. The first-order chi connectivity index (χ1) is 11.6. The molecular weight excluding hydrogens is 328 g/mol. The zero-order valence-electron chi connectivity index (χ0n) is 14.2. The summed E-state index contributed by atoms with van der Waals surface area (Å²) in [5.74, 6) is 0.847. The lowest BCUT2D eigenvalue weighted by atomic mass is 10.2. The summed E-state index contributed by atoms with van der Waals surface area (Å²) in [6.07, 6.45) is 2.66. The first kappa shape index (κ1) is 18.3. The molecule has 2 aromatic rings. The maximum atomic E-state index is 11.8. The molecule has 130 valence electrons. The Balaban J connectivity index is 1.92. The molecule has 0 bridgehead atoms. The van der Waals surface area contributed by atoms with Crippen LogP contribution in [-0.2, 0) is 16.1 Å². The van der Waals surface area contributed by atoms with Crippen molar-refractivity contribution in [3.05, 3.63) is 35.7 Å². The van der Waals surface area contributed by atoms with Gasteiger partial charge in [-0.2, -0.15) is 0 Å². The maximum Gasteiger partial charge on any atom is 0.319 e. The second-order valence-electron chi connectivity index (χ2n) is 5.34. The number of rotatable bonds is 9. The van der Waals surface area contributed by atoms with E-state index in [1.165, 1.54) is 18.9 Å². The molecule has 2 rings (SSSR count). The number of methoxy groups -OCH3 is 1. The predicted octanol–water partition coefficient (Wildman–Crippen LogP) is 3.78. The minimum absolute atomic E-state index is 0.189. The average Bonchev–Trinajstić information content (AvgIpc) is 3.03. The monoisotopic (exact) mass is 350 g/mol. The lowest BCUT2D eigenvalue weighted by Crippen LogP contribution is -2.18. The van der Waals surface area contributed by atoms with E-state index in [9.17, 15) is 4.79 Å². The molecular formula is C17H22N2O4S. The molecule has 1 aromatic heterocycles. The third-order valence-electron chi connectivity index (χ3n) is 3.33. The Bertz CT molecular complexity index is 660. The molecule has 1 heterocycles. The molecule has 0 amide bonds. The van der Waals surface area contributed by atoms with Gasteiger partial charge < -0.3 is 13.9 Å². The third-order valence-corrected chi connectivity index (χ3v) is 4.41. The van der Waals surface area contributed by atoms with Gasteiger partial charge in [0.2, 0.25) is 0 Å². The van der Waals surface area contributed by atoms with Gasteiger partial charge in [0.05, 0.1) is 7.11 Å². The fraction of sp³-hybridized carbons (Fsp3) is 0.471. The van der Waals surface area contributed by atoms with Crippen LogP contribution in [0.15, 0.2) is 33.9 Å². The number of unbranched alkanes of at least 4 members (excludes halogenated alkanes) is 1. The van der Waals surface area contributed by atoms with Crippen LogP contribution in [0.3, 0.4) is 0 Å². The van der Waals surface area contributed by atoms with Gasteiger partial charge in [-0.3, -0.25) is 4.79 Å². The first-order valence-electron chi connectivity index (χ1n) is 7.88. The van der Waals surface area contributed by atoms with E-state index in [4.69, 9.17) is 13.9 Å². The quantitative estimate of drug-likeness (QED) is 0.503. The van der Waals surface area contributed by atoms with Crippen LogP contribution in [0.2, 0.25) is 0 Å². The summed E-state index contributed by atoms with van der Waals surface area (Å²) in [4.78, 5) is 11.8. The van der Waals surface area contributed by atoms with Crippen molar-refractivity contribution in [2.75, 3.05) is 7.11 Å². The molecule has 0 saturated heterocycles. The topological polar surface area (TPSA) is 74.5 Å². The molecule has 0 spiro atoms. The molecule has 0 N–H and O–H groups in total. The van der Waals surface area contributed by atoms with Gasteiger partial charge in [0, 0.05) is 0 Å². The summed E-state index contributed by atoms with van der Waals surface area (Å²) in [6.45, 7) is 4.26. The molecule has 0 aliphatic rings. The van der Waals surface area contributed by atoms with E-state index in [-0.39, 0.29) is 17.8 Å². The Morgan fingerprint density at radius 3 is 2.92 bits per heavy atom. The van der Waals surface area contributed by atoms with Crippen LogP contribution >= 0.6 is 11.8 Å². The van der Waals surface area contributed by atoms with Crippen molar-refractivity contribution in [3.63, 3.8) is 0 Å². The summed E-state index contributed by atoms with van der Waals surface area (Å²) < 4.78 is 16.0. The Labute approximate surface area is 145 Å². The normalized spacial score (nSPS) is 12.0. The van der Waals surface area contributed by atoms with E-state index in [0.717, 1.165) is 24.2 Å². The number of hydrogen-bond donors (Lipinski definition) is 0. The van der Waals surface area contributed by atoms with Crippen molar-refractivity contribution in [1.29, 1.82) is 0 Å². The Morgan fingerprint density at radius 1 is 1.38 bits per heavy atom. The molecule has 1 atom stereocenters. The number of aromatic nitrogens is 2. The number of aryl methyl sites for hydroxylation is 1. The standard InChI is InChI=1S/C17H22N2O4S/c1-4-5-9-14(16(20)21-3)24-17-19-18-15(23-17)11-22-13-8-6-7-12(2)10-13/h6-8,10,14H,4-5,9,11H2,1-3H3. The van der Waals surface area contributed by atoms with Crippen LogP contribution < -0.4 is 4.74 Å². The largest absolute Gasteiger partial charge is 0.484 e. The number of carbonyl (C=O) groups is 1. The van der Waals surface area contributed by atoms with Crippen LogP contribution in [0.1, 0.15) is 37.6 Å². The molecule has 0 saturated carbocycles. The number of carbonyl (C=O) groups excluding carboxylic acids is 1. The SMILES string of the molecule is CCCCC(Sc1nnc(COc2cccc(C)c2)o1)C(=O)OC. The van der Waals surface area contributed by atoms with E-state index < -0.39 is 0 Å². The zero-order chi connectivity index (χ0) is 17.4. The molecule has 0 radical (unpaired) electrons. The smallest absolute Gasteiger partial charge is 0.319 e. The summed E-state index contributed by atoms with van der Waals surface area (Å²) in [7, 11) is 1.39. The Morgan fingerprint density at radius 2 is 2.21 bits per heavy atom. The van der Waals surface area contributed by atoms with Crippen molar-refractivity contribution < 1.29 is 18.7 Å². The fourth-order valence-electron chi connectivity index (χ4n) is 2.06. The number of thioether (sulfide) groups is 1. The highest BCUT2D eigenvalue weighted by Gasteiger charge is 2.23. The highest BCUT2D eigenvalue weighted by molar-refractivity contribution is 8.00. The second-order valence-corrected chi connectivity index (χ2v) is 6.49. The van der Waals surface area contributed by atoms with Gasteiger partial charge in [0.15, 0.2) is 6.61 Å². The average molecular weight is 350 g/mol. The van der Waals surface area contributed by atoms with Crippen molar-refractivity contribution in [3.8, 4) is 5.75 Å². The van der Waals surface area contributed by atoms with Crippen molar-refractivity contribution in [2.45, 2.75) is 50.2 Å². The summed E-state index contributed by atoms with van der Waals surface area (Å²) in [5, 5.41) is 7.95. The molecule has 1 unspecified atom stereocenters. The fourth-order valence-corrected chi connectivity index (χ4v) is 3.01. The van der Waals surface area contributed by atoms with E-state index in [2.05, 4.69) is 17.1 Å². The van der Waals surface area contributed by atoms with Crippen molar-refractivity contribution in [2.24, 2.45) is 0 Å². The highest BCUT2D eigenvalue weighted by atomic mass is 32.2. The van der Waals surface area contributed by atoms with Crippen LogP contribution in [-0.4, -0.2) is 28.5 Å². The van der Waals surface area contributed by atoms with Gasteiger partial charge in [-0.05, 0) is 31.0 Å². The molecule has 0 aliphatic carbocycles. The molecule has 7 heteroatoms. The summed E-state index contributed by atoms with van der Waals surface area (Å²) in [6, 6.07) is 7.73. The number of esters is 1. The summed E-state index contributed by atoms with van der Waals surface area (Å²) >= 11 is 1.24. The van der Waals surface area contributed by atoms with Gasteiger partial charge in [-0.1, -0.05) is 43.7 Å². The molecule has 24 heavy (non-hydrogen) atoms. The van der Waals surface area contributed by atoms with Crippen molar-refractivity contribution >= 4 is 17.7 Å². The number of ether oxygens (including phenoxy) is 2. The first-order valence-corrected chi connectivity index (χ1v) is 8.76. The van der Waals surface area contributed by atoms with Gasteiger partial charge in [-0.25, -0.2) is 0 Å². The lowest BCUT2D eigenvalue weighted by Gasteiger charge is -2.10. The van der Waals surface area contributed by atoms with E-state index in [0.29, 0.717) is 17.5 Å². The molecule has 0 fully saturated rings. The van der Waals surface area contributed by atoms with Crippen LogP contribution in [0.4, 0.5) is 0 Å². The Kier molecular flexibility index (Phi) is 7.11. The summed E-state index contributed by atoms with van der Waals surface area (Å²) in [5.41, 5.74) is 1.12. The van der Waals surface area contributed by atoms with Gasteiger partial charge in [-0.15, -0.1) is 10.2 Å². The van der Waals surface area contributed by atoms with Crippen molar-refractivity contribution in [1.82, 2.24) is 10.2 Å². The van der Waals surface area contributed by atoms with E-state index in [1.807, 2.05) is 31.2 Å². The second kappa shape index (κ2) is 9.32. The number of nitrogens with zero attached hydrogens (tertiary/aromatic N) is 2. The van der Waals surface area contributed by atoms with Gasteiger partial charge in [0.1, 0.15) is 11.0 Å². The van der Waals surface area contributed by atoms with Crippen LogP contribution in [0, 0.1) is 6.92 Å². The molecule has 1 aromatic carbocycles. The van der Waals surface area contributed by atoms with Gasteiger partial charge in [0.25, 0.3) is 11.1 Å². The zero-order valence-corrected chi connectivity index (χ0v) is 15.0. The number of hydrogen-bond acceptors (Lipinski definition) is 7. The van der Waals surface area contributed by atoms with Gasteiger partial charge >= 0.3 is 5.97 Å².